The molecule has 1 unspecified atom stereocenters. The van der Waals surface area contributed by atoms with Crippen LogP contribution in [-0.4, -0.2) is 23.2 Å². The molecule has 0 spiro atoms. The number of carbonyl (C=O) groups is 1. The number of phenolic OH excluding ortho intramolecular Hbond substituents is 1. The molecular weight excluding hydrogens is 232 g/mol. The van der Waals surface area contributed by atoms with Gasteiger partial charge in [-0.3, -0.25) is 0 Å². The summed E-state index contributed by atoms with van der Waals surface area (Å²) in [5, 5.41) is 21.4. The average molecular weight is 244 g/mol. The second-order valence-corrected chi connectivity index (χ2v) is 3.87. The van der Waals surface area contributed by atoms with E-state index in [0.717, 1.165) is 0 Å². The predicted octanol–water partition coefficient (Wildman–Crippen LogP) is 1.66. The molecule has 1 atom stereocenters. The van der Waals surface area contributed by atoms with Gasteiger partial charge in [-0.25, -0.2) is 4.79 Å². The van der Waals surface area contributed by atoms with Crippen molar-refractivity contribution in [3.8, 4) is 11.8 Å². The van der Waals surface area contributed by atoms with Crippen molar-refractivity contribution in [3.63, 3.8) is 0 Å². The number of nitrogens with one attached hydrogen (secondary N) is 1. The Labute approximate surface area is 104 Å². The van der Waals surface area contributed by atoms with Gasteiger partial charge in [-0.2, -0.15) is 5.26 Å². The summed E-state index contributed by atoms with van der Waals surface area (Å²) in [6.07, 6.45) is 3.05. The van der Waals surface area contributed by atoms with E-state index >= 15 is 0 Å². The summed E-state index contributed by atoms with van der Waals surface area (Å²) in [5.74, 6) is -0.511. The Morgan fingerprint density at radius 2 is 2.39 bits per heavy atom. The van der Waals surface area contributed by atoms with Crippen LogP contribution < -0.4 is 5.32 Å². The fourth-order valence-electron chi connectivity index (χ4n) is 1.75. The van der Waals surface area contributed by atoms with Gasteiger partial charge < -0.3 is 15.2 Å². The van der Waals surface area contributed by atoms with E-state index in [-0.39, 0.29) is 12.4 Å². The molecular formula is C13H12N2O3. The number of nitriles is 1. The number of carbonyl (C=O) groups excluding carboxylic acids is 1. The van der Waals surface area contributed by atoms with E-state index in [0.29, 0.717) is 11.3 Å². The maximum absolute atomic E-state index is 11.8. The van der Waals surface area contributed by atoms with Gasteiger partial charge in [0.1, 0.15) is 11.8 Å². The van der Waals surface area contributed by atoms with Crippen LogP contribution in [0.1, 0.15) is 12.5 Å². The van der Waals surface area contributed by atoms with Crippen LogP contribution in [0.2, 0.25) is 0 Å². The SMILES string of the molecule is CCOC(=O)C1(C#N)C=Cc2cc(O)ccc2N1. The number of benzene rings is 1. The maximum atomic E-state index is 11.8. The Morgan fingerprint density at radius 1 is 1.61 bits per heavy atom. The van der Waals surface area contributed by atoms with E-state index in [1.54, 1.807) is 25.1 Å². The minimum absolute atomic E-state index is 0.126. The van der Waals surface area contributed by atoms with Gasteiger partial charge in [-0.1, -0.05) is 6.08 Å². The second kappa shape index (κ2) is 4.41. The summed E-state index contributed by atoms with van der Waals surface area (Å²) in [6, 6.07) is 6.56. The summed E-state index contributed by atoms with van der Waals surface area (Å²) in [6.45, 7) is 1.89. The number of aromatic hydroxyl groups is 1. The quantitative estimate of drug-likeness (QED) is 0.610. The lowest BCUT2D eigenvalue weighted by Gasteiger charge is -2.27. The summed E-state index contributed by atoms with van der Waals surface area (Å²) < 4.78 is 4.89. The van der Waals surface area contributed by atoms with Crippen LogP contribution in [-0.2, 0) is 9.53 Å². The lowest BCUT2D eigenvalue weighted by molar-refractivity contribution is -0.145. The first-order chi connectivity index (χ1) is 8.61. The van der Waals surface area contributed by atoms with Crippen LogP contribution in [0.4, 0.5) is 5.69 Å². The summed E-state index contributed by atoms with van der Waals surface area (Å²) in [5.41, 5.74) is -0.185. The van der Waals surface area contributed by atoms with Crippen molar-refractivity contribution in [3.05, 3.63) is 29.8 Å². The van der Waals surface area contributed by atoms with Gasteiger partial charge in [0, 0.05) is 11.3 Å². The molecule has 5 heteroatoms. The molecule has 92 valence electrons. The highest BCUT2D eigenvalue weighted by atomic mass is 16.5. The van der Waals surface area contributed by atoms with Gasteiger partial charge in [-0.05, 0) is 31.2 Å². The first-order valence-electron chi connectivity index (χ1n) is 5.50. The molecule has 0 aliphatic carbocycles. The largest absolute Gasteiger partial charge is 0.508 e. The fraction of sp³-hybridized carbons (Fsp3) is 0.231. The highest BCUT2D eigenvalue weighted by molar-refractivity contribution is 5.95. The van der Waals surface area contributed by atoms with E-state index in [1.165, 1.54) is 12.1 Å². The molecule has 0 aromatic heterocycles. The van der Waals surface area contributed by atoms with Crippen molar-refractivity contribution in [2.75, 3.05) is 11.9 Å². The van der Waals surface area contributed by atoms with Crippen LogP contribution in [0.15, 0.2) is 24.3 Å². The molecule has 1 aromatic rings. The van der Waals surface area contributed by atoms with E-state index in [2.05, 4.69) is 5.32 Å². The van der Waals surface area contributed by atoms with E-state index < -0.39 is 11.5 Å². The third kappa shape index (κ3) is 1.89. The molecule has 0 fully saturated rings. The third-order valence-electron chi connectivity index (χ3n) is 2.65. The molecule has 2 rings (SSSR count). The predicted molar refractivity (Wildman–Crippen MR) is 65.7 cm³/mol. The van der Waals surface area contributed by atoms with Crippen molar-refractivity contribution in [1.29, 1.82) is 5.26 Å². The van der Waals surface area contributed by atoms with Crippen LogP contribution >= 0.6 is 0 Å². The number of nitrogens with zero attached hydrogens (tertiary/aromatic N) is 1. The van der Waals surface area contributed by atoms with Crippen molar-refractivity contribution < 1.29 is 14.6 Å². The normalized spacial score (nSPS) is 20.4. The molecule has 1 aliphatic rings. The number of rotatable bonds is 2. The Hall–Kier alpha value is -2.48. The average Bonchev–Trinajstić information content (AvgIpc) is 2.38. The second-order valence-electron chi connectivity index (χ2n) is 3.87. The van der Waals surface area contributed by atoms with Crippen molar-refractivity contribution >= 4 is 17.7 Å². The Morgan fingerprint density at radius 3 is 3.06 bits per heavy atom. The monoisotopic (exact) mass is 244 g/mol. The smallest absolute Gasteiger partial charge is 0.350 e. The van der Waals surface area contributed by atoms with Gasteiger partial charge in [0.15, 0.2) is 0 Å². The van der Waals surface area contributed by atoms with E-state index in [9.17, 15) is 15.2 Å². The van der Waals surface area contributed by atoms with Crippen LogP contribution in [0, 0.1) is 11.3 Å². The number of fused-ring (bicyclic) bond motifs is 1. The molecule has 0 saturated heterocycles. The lowest BCUT2D eigenvalue weighted by atomic mass is 9.94. The Kier molecular flexibility index (Phi) is 2.94. The summed E-state index contributed by atoms with van der Waals surface area (Å²) >= 11 is 0. The molecule has 1 aliphatic heterocycles. The molecule has 0 amide bonds. The topological polar surface area (TPSA) is 82.4 Å². The number of hydrogen-bond acceptors (Lipinski definition) is 5. The Bertz CT molecular complexity index is 560. The fourth-order valence-corrected chi connectivity index (χ4v) is 1.75. The van der Waals surface area contributed by atoms with Gasteiger partial charge in [0.05, 0.1) is 6.61 Å². The molecule has 2 N–H and O–H groups in total. The summed E-state index contributed by atoms with van der Waals surface area (Å²) in [4.78, 5) is 11.8. The highest BCUT2D eigenvalue weighted by Gasteiger charge is 2.40. The third-order valence-corrected chi connectivity index (χ3v) is 2.65. The van der Waals surface area contributed by atoms with Crippen LogP contribution in [0.25, 0.3) is 6.08 Å². The maximum Gasteiger partial charge on any atom is 0.350 e. The summed E-state index contributed by atoms with van der Waals surface area (Å²) in [7, 11) is 0. The van der Waals surface area contributed by atoms with Crippen molar-refractivity contribution in [2.45, 2.75) is 12.5 Å². The molecule has 0 bridgehead atoms. The van der Waals surface area contributed by atoms with Crippen LogP contribution in [0.3, 0.4) is 0 Å². The van der Waals surface area contributed by atoms with Gasteiger partial charge >= 0.3 is 5.97 Å². The number of phenols is 1. The van der Waals surface area contributed by atoms with Crippen molar-refractivity contribution in [2.24, 2.45) is 0 Å². The molecule has 1 aromatic carbocycles. The minimum atomic E-state index is -1.50. The zero-order chi connectivity index (χ0) is 13.2. The zero-order valence-electron chi connectivity index (χ0n) is 9.80. The van der Waals surface area contributed by atoms with Gasteiger partial charge in [0.2, 0.25) is 5.54 Å². The first kappa shape index (κ1) is 12.0. The lowest BCUT2D eigenvalue weighted by Crippen LogP contribution is -2.45. The minimum Gasteiger partial charge on any atom is -0.508 e. The Balaban J connectivity index is 2.39. The molecule has 5 nitrogen and oxygen atoms in total. The number of anilines is 1. The van der Waals surface area contributed by atoms with Crippen molar-refractivity contribution in [1.82, 2.24) is 0 Å². The van der Waals surface area contributed by atoms with Gasteiger partial charge in [0.25, 0.3) is 0 Å². The van der Waals surface area contributed by atoms with Gasteiger partial charge in [-0.15, -0.1) is 0 Å². The number of hydrogen-bond donors (Lipinski definition) is 2. The zero-order valence-corrected chi connectivity index (χ0v) is 9.80. The number of ether oxygens (including phenoxy) is 1. The molecule has 0 saturated carbocycles. The number of esters is 1. The van der Waals surface area contributed by atoms with E-state index in [4.69, 9.17) is 4.74 Å². The molecule has 1 heterocycles. The van der Waals surface area contributed by atoms with Crippen LogP contribution in [0.5, 0.6) is 5.75 Å². The standard InChI is InChI=1S/C13H12N2O3/c1-2-18-12(17)13(8-14)6-5-9-7-10(16)3-4-11(9)15-13/h3-7,15-16H,2H2,1H3. The first-order valence-corrected chi connectivity index (χ1v) is 5.50. The molecule has 0 radical (unpaired) electrons. The van der Waals surface area contributed by atoms with E-state index in [1.807, 2.05) is 6.07 Å². The highest BCUT2D eigenvalue weighted by Crippen LogP contribution is 2.31. The molecule has 18 heavy (non-hydrogen) atoms.